The molecule has 0 atom stereocenters. The summed E-state index contributed by atoms with van der Waals surface area (Å²) in [6, 6.07) is 1.23. The van der Waals surface area contributed by atoms with E-state index in [0.717, 1.165) is 11.3 Å². The molecule has 1 aliphatic heterocycles. The summed E-state index contributed by atoms with van der Waals surface area (Å²) in [6.45, 7) is 0.591. The molecule has 11 heteroatoms. The first kappa shape index (κ1) is 16.0. The van der Waals surface area contributed by atoms with Crippen LogP contribution in [0.4, 0.5) is 18.9 Å². The van der Waals surface area contributed by atoms with Crippen LogP contribution in [0.3, 0.4) is 0 Å². The van der Waals surface area contributed by atoms with Gasteiger partial charge in [-0.3, -0.25) is 9.52 Å². The Balaban J connectivity index is 2.14. The molecule has 0 aliphatic carbocycles. The molecule has 0 unspecified atom stereocenters. The minimum Gasteiger partial charge on any atom is -0.370 e. The molecule has 2 rings (SSSR count). The number of rotatable bonds is 4. The molecule has 1 saturated heterocycles. The topological polar surface area (TPSA) is 75.7 Å². The predicted molar refractivity (Wildman–Crippen MR) is 69.2 cm³/mol. The average molecular weight is 344 g/mol. The Labute approximate surface area is 122 Å². The summed E-state index contributed by atoms with van der Waals surface area (Å²) in [5.74, 6) is -0.292. The van der Waals surface area contributed by atoms with Gasteiger partial charge in [-0.15, -0.1) is 11.3 Å². The van der Waals surface area contributed by atoms with Crippen LogP contribution in [-0.4, -0.2) is 44.5 Å². The predicted octanol–water partition coefficient (Wildman–Crippen LogP) is 1.37. The molecule has 1 aromatic heterocycles. The third-order valence-electron chi connectivity index (χ3n) is 2.71. The van der Waals surface area contributed by atoms with Gasteiger partial charge in [0.2, 0.25) is 5.91 Å². The van der Waals surface area contributed by atoms with E-state index in [1.165, 1.54) is 21.1 Å². The van der Waals surface area contributed by atoms with Crippen molar-refractivity contribution in [2.75, 3.05) is 24.5 Å². The second-order valence-corrected chi connectivity index (χ2v) is 6.85. The monoisotopic (exact) mass is 344 g/mol. The molecule has 1 aliphatic rings. The second-order valence-electron chi connectivity index (χ2n) is 4.18. The van der Waals surface area contributed by atoms with Crippen LogP contribution in [0, 0.1) is 0 Å². The Morgan fingerprint density at radius 3 is 2.76 bits per heavy atom. The first-order valence-corrected chi connectivity index (χ1v) is 8.08. The zero-order valence-corrected chi connectivity index (χ0v) is 12.1. The first-order chi connectivity index (χ1) is 9.71. The fourth-order valence-electron chi connectivity index (χ4n) is 1.65. The zero-order valence-electron chi connectivity index (χ0n) is 10.5. The molecular weight excluding hydrogens is 333 g/mol. The summed E-state index contributed by atoms with van der Waals surface area (Å²) in [4.78, 5) is 13.3. The van der Waals surface area contributed by atoms with E-state index in [0.29, 0.717) is 18.0 Å². The number of carbonyl (C=O) groups excluding carboxylic acids is 1. The van der Waals surface area contributed by atoms with E-state index in [2.05, 4.69) is 0 Å². The maximum atomic E-state index is 12.3. The van der Waals surface area contributed by atoms with E-state index in [1.807, 2.05) is 0 Å². The highest BCUT2D eigenvalue weighted by Crippen LogP contribution is 2.30. The normalized spacial score (nSPS) is 17.1. The average Bonchev–Trinajstić information content (AvgIpc) is 2.77. The third-order valence-corrected chi connectivity index (χ3v) is 4.72. The number of morpholine rings is 1. The number of alkyl halides is 3. The zero-order chi connectivity index (χ0) is 15.7. The number of nitrogens with one attached hydrogen (secondary N) is 1. The van der Waals surface area contributed by atoms with Crippen molar-refractivity contribution in [3.05, 3.63) is 16.3 Å². The standard InChI is InChI=1S/C10H11F3N2O4S2/c11-10(12,13)21(17,18)14-7-1-4-20-8(7)5-15-2-3-19-6-9(15)16/h1,4,14H,2-3,5-6H2. The van der Waals surface area contributed by atoms with E-state index in [9.17, 15) is 26.4 Å². The van der Waals surface area contributed by atoms with Crippen LogP contribution in [0.5, 0.6) is 0 Å². The van der Waals surface area contributed by atoms with Crippen LogP contribution < -0.4 is 4.72 Å². The van der Waals surface area contributed by atoms with Gasteiger partial charge in [0.05, 0.1) is 18.8 Å². The Hall–Kier alpha value is -1.33. The Morgan fingerprint density at radius 2 is 2.14 bits per heavy atom. The van der Waals surface area contributed by atoms with Gasteiger partial charge in [0.1, 0.15) is 6.61 Å². The van der Waals surface area contributed by atoms with Gasteiger partial charge in [0.15, 0.2) is 0 Å². The summed E-state index contributed by atoms with van der Waals surface area (Å²) in [5, 5.41) is 1.45. The van der Waals surface area contributed by atoms with Crippen LogP contribution in [0.1, 0.15) is 4.88 Å². The molecule has 1 fully saturated rings. The van der Waals surface area contributed by atoms with Crippen LogP contribution in [0.25, 0.3) is 0 Å². The minimum absolute atomic E-state index is 0.0373. The Bertz CT molecular complexity index is 626. The smallest absolute Gasteiger partial charge is 0.370 e. The van der Waals surface area contributed by atoms with Crippen molar-refractivity contribution in [1.82, 2.24) is 4.90 Å². The quantitative estimate of drug-likeness (QED) is 0.895. The maximum Gasteiger partial charge on any atom is 0.516 e. The number of carbonyl (C=O) groups is 1. The van der Waals surface area contributed by atoms with Crippen molar-refractivity contribution in [3.8, 4) is 0 Å². The van der Waals surface area contributed by atoms with Crippen molar-refractivity contribution < 1.29 is 31.1 Å². The van der Waals surface area contributed by atoms with E-state index < -0.39 is 15.5 Å². The highest BCUT2D eigenvalue weighted by molar-refractivity contribution is 7.93. The number of hydrogen-bond acceptors (Lipinski definition) is 5. The lowest BCUT2D eigenvalue weighted by atomic mass is 10.3. The van der Waals surface area contributed by atoms with Gasteiger partial charge in [-0.1, -0.05) is 0 Å². The van der Waals surface area contributed by atoms with Gasteiger partial charge in [-0.05, 0) is 11.4 Å². The molecule has 1 aromatic rings. The van der Waals surface area contributed by atoms with Gasteiger partial charge in [-0.25, -0.2) is 0 Å². The Kier molecular flexibility index (Phi) is 4.44. The molecule has 21 heavy (non-hydrogen) atoms. The number of ether oxygens (including phenoxy) is 1. The van der Waals surface area contributed by atoms with Crippen LogP contribution in [-0.2, 0) is 26.1 Å². The van der Waals surface area contributed by atoms with E-state index in [-0.39, 0.29) is 24.7 Å². The molecule has 1 amide bonds. The molecular formula is C10H11F3N2O4S2. The molecule has 6 nitrogen and oxygen atoms in total. The maximum absolute atomic E-state index is 12.3. The van der Waals surface area contributed by atoms with Crippen LogP contribution >= 0.6 is 11.3 Å². The van der Waals surface area contributed by atoms with Gasteiger partial charge < -0.3 is 9.64 Å². The number of nitrogens with zero attached hydrogens (tertiary/aromatic N) is 1. The first-order valence-electron chi connectivity index (χ1n) is 5.72. The van der Waals surface area contributed by atoms with Gasteiger partial charge >= 0.3 is 15.5 Å². The van der Waals surface area contributed by atoms with Crippen LogP contribution in [0.15, 0.2) is 11.4 Å². The molecule has 1 N–H and O–H groups in total. The molecule has 0 bridgehead atoms. The van der Waals surface area contributed by atoms with Crippen molar-refractivity contribution in [3.63, 3.8) is 0 Å². The van der Waals surface area contributed by atoms with Crippen LogP contribution in [0.2, 0.25) is 0 Å². The Morgan fingerprint density at radius 1 is 1.43 bits per heavy atom. The minimum atomic E-state index is -5.47. The summed E-state index contributed by atoms with van der Waals surface area (Å²) in [7, 11) is -5.47. The molecule has 0 spiro atoms. The van der Waals surface area contributed by atoms with Crippen molar-refractivity contribution in [2.45, 2.75) is 12.1 Å². The van der Waals surface area contributed by atoms with E-state index in [4.69, 9.17) is 4.74 Å². The molecule has 0 aromatic carbocycles. The van der Waals surface area contributed by atoms with Gasteiger partial charge in [-0.2, -0.15) is 21.6 Å². The van der Waals surface area contributed by atoms with Crippen molar-refractivity contribution in [1.29, 1.82) is 0 Å². The van der Waals surface area contributed by atoms with E-state index in [1.54, 1.807) is 0 Å². The number of sulfonamides is 1. The fraction of sp³-hybridized carbons (Fsp3) is 0.500. The molecule has 0 saturated carbocycles. The third kappa shape index (κ3) is 3.66. The number of anilines is 1. The summed E-state index contributed by atoms with van der Waals surface area (Å²) in [6.07, 6.45) is 0. The number of halogens is 3. The fourth-order valence-corrected chi connectivity index (χ4v) is 3.15. The van der Waals surface area contributed by atoms with Gasteiger partial charge in [0.25, 0.3) is 0 Å². The number of hydrogen-bond donors (Lipinski definition) is 1. The lowest BCUT2D eigenvalue weighted by Crippen LogP contribution is -2.41. The summed E-state index contributed by atoms with van der Waals surface area (Å²) >= 11 is 1.07. The summed E-state index contributed by atoms with van der Waals surface area (Å²) in [5.41, 5.74) is -5.56. The van der Waals surface area contributed by atoms with Crippen molar-refractivity contribution >= 4 is 33.0 Å². The lowest BCUT2D eigenvalue weighted by Gasteiger charge is -2.26. The SMILES string of the molecule is O=C1COCCN1Cc1sccc1NS(=O)(=O)C(F)(F)F. The van der Waals surface area contributed by atoms with Crippen molar-refractivity contribution in [2.24, 2.45) is 0 Å². The highest BCUT2D eigenvalue weighted by Gasteiger charge is 2.46. The second kappa shape index (κ2) is 5.81. The number of amides is 1. The molecule has 0 radical (unpaired) electrons. The molecule has 118 valence electrons. The summed E-state index contributed by atoms with van der Waals surface area (Å²) < 4.78 is 65.7. The largest absolute Gasteiger partial charge is 0.516 e. The lowest BCUT2D eigenvalue weighted by molar-refractivity contribution is -0.143. The highest BCUT2D eigenvalue weighted by atomic mass is 32.2. The van der Waals surface area contributed by atoms with E-state index >= 15 is 0 Å². The molecule has 2 heterocycles. The van der Waals surface area contributed by atoms with Gasteiger partial charge in [0, 0.05) is 11.4 Å². The number of thiophene rings is 1.